The molecule has 0 radical (unpaired) electrons. The number of hydrogen-bond donors (Lipinski definition) is 3. The molecular formula is C41H75O10P. The Balaban J connectivity index is 4.38. The number of esters is 2. The minimum atomic E-state index is -4.62. The highest BCUT2D eigenvalue weighted by Gasteiger charge is 2.27. The van der Waals surface area contributed by atoms with Crippen LogP contribution in [0, 0.1) is 0 Å². The van der Waals surface area contributed by atoms with Gasteiger partial charge in [-0.05, 0) is 64.2 Å². The second-order valence-electron chi connectivity index (χ2n) is 13.7. The molecular weight excluding hydrogens is 683 g/mol. The van der Waals surface area contributed by atoms with E-state index in [2.05, 4.69) is 54.8 Å². The number of aliphatic hydroxyl groups is 2. The quantitative estimate of drug-likeness (QED) is 0.0183. The molecule has 1 unspecified atom stereocenters. The fraction of sp³-hybridized carbons (Fsp3) is 0.805. The summed E-state index contributed by atoms with van der Waals surface area (Å²) in [5, 5.41) is 18.3. The van der Waals surface area contributed by atoms with Crippen LogP contribution < -0.4 is 0 Å². The van der Waals surface area contributed by atoms with Gasteiger partial charge in [-0.15, -0.1) is 0 Å². The summed E-state index contributed by atoms with van der Waals surface area (Å²) >= 11 is 0. The van der Waals surface area contributed by atoms with Gasteiger partial charge < -0.3 is 24.6 Å². The third-order valence-corrected chi connectivity index (χ3v) is 9.50. The van der Waals surface area contributed by atoms with Gasteiger partial charge in [-0.2, -0.15) is 0 Å². The highest BCUT2D eigenvalue weighted by molar-refractivity contribution is 7.47. The smallest absolute Gasteiger partial charge is 0.462 e. The van der Waals surface area contributed by atoms with Crippen LogP contribution in [0.3, 0.4) is 0 Å². The average Bonchev–Trinajstić information content (AvgIpc) is 3.13. The number of phosphoric acid groups is 1. The van der Waals surface area contributed by atoms with Gasteiger partial charge in [0.05, 0.1) is 19.8 Å². The van der Waals surface area contributed by atoms with Crippen molar-refractivity contribution in [3.8, 4) is 0 Å². The monoisotopic (exact) mass is 759 g/mol. The van der Waals surface area contributed by atoms with Gasteiger partial charge in [-0.1, -0.05) is 134 Å². The van der Waals surface area contributed by atoms with E-state index in [1.54, 1.807) is 0 Å². The van der Waals surface area contributed by atoms with E-state index in [0.29, 0.717) is 12.8 Å². The van der Waals surface area contributed by atoms with Crippen molar-refractivity contribution in [2.45, 2.75) is 187 Å². The molecule has 0 aliphatic carbocycles. The van der Waals surface area contributed by atoms with Gasteiger partial charge in [0.25, 0.3) is 0 Å². The van der Waals surface area contributed by atoms with E-state index >= 15 is 0 Å². The summed E-state index contributed by atoms with van der Waals surface area (Å²) in [5.74, 6) is -0.953. The highest BCUT2D eigenvalue weighted by Crippen LogP contribution is 2.43. The Bertz CT molecular complexity index is 967. The fourth-order valence-corrected chi connectivity index (χ4v) is 6.12. The topological polar surface area (TPSA) is 149 Å². The van der Waals surface area contributed by atoms with Crippen LogP contribution in [-0.4, -0.2) is 65.7 Å². The van der Waals surface area contributed by atoms with Crippen molar-refractivity contribution in [1.82, 2.24) is 0 Å². The van der Waals surface area contributed by atoms with Crippen LogP contribution in [-0.2, 0) is 32.7 Å². The number of allylic oxidation sites excluding steroid dienone is 6. The maximum absolute atomic E-state index is 12.6. The van der Waals surface area contributed by atoms with E-state index in [9.17, 15) is 24.2 Å². The number of carbonyl (C=O) groups excluding carboxylic acids is 2. The first-order valence-corrected chi connectivity index (χ1v) is 22.0. The highest BCUT2D eigenvalue weighted by atomic mass is 31.2. The van der Waals surface area contributed by atoms with Crippen molar-refractivity contribution in [2.24, 2.45) is 0 Å². The molecule has 3 N–H and O–H groups in total. The Labute approximate surface area is 316 Å². The largest absolute Gasteiger partial charge is 0.472 e. The van der Waals surface area contributed by atoms with Crippen molar-refractivity contribution in [3.05, 3.63) is 36.5 Å². The number of aliphatic hydroxyl groups excluding tert-OH is 2. The van der Waals surface area contributed by atoms with Crippen LogP contribution in [0.15, 0.2) is 36.5 Å². The molecule has 0 amide bonds. The van der Waals surface area contributed by atoms with E-state index in [-0.39, 0.29) is 19.4 Å². The number of ether oxygens (including phenoxy) is 2. The van der Waals surface area contributed by atoms with E-state index < -0.39 is 51.8 Å². The standard InChI is InChI=1S/C41H75O10P/c1-3-5-7-9-11-13-15-17-19-21-23-25-27-29-31-33-41(45)51-39(37-50-52(46,47)49-35-38(43)34-42)36-48-40(44)32-30-28-26-24-22-20-18-16-14-12-10-8-6-4-2/h13,15-19,38-39,42-43H,3-12,14,20-37H2,1-2H3,(H,46,47)/b15-13+,18-16+,19-17+/t38-,39+/m0/s1. The molecule has 0 heterocycles. The van der Waals surface area contributed by atoms with Gasteiger partial charge >= 0.3 is 19.8 Å². The number of rotatable bonds is 38. The Kier molecular flexibility index (Phi) is 36.2. The zero-order chi connectivity index (χ0) is 38.4. The number of phosphoric ester groups is 1. The van der Waals surface area contributed by atoms with Gasteiger partial charge in [-0.3, -0.25) is 18.6 Å². The molecule has 0 aromatic heterocycles. The molecule has 0 fully saturated rings. The lowest BCUT2D eigenvalue weighted by Gasteiger charge is -2.20. The van der Waals surface area contributed by atoms with Gasteiger partial charge in [-0.25, -0.2) is 4.57 Å². The Hall–Kier alpha value is -1.81. The lowest BCUT2D eigenvalue weighted by Crippen LogP contribution is -2.29. The van der Waals surface area contributed by atoms with Crippen molar-refractivity contribution in [2.75, 3.05) is 26.4 Å². The molecule has 11 heteroatoms. The second kappa shape index (κ2) is 37.5. The fourth-order valence-electron chi connectivity index (χ4n) is 5.33. The van der Waals surface area contributed by atoms with Crippen LogP contribution >= 0.6 is 7.82 Å². The van der Waals surface area contributed by atoms with Crippen LogP contribution in [0.2, 0.25) is 0 Å². The Morgan fingerprint density at radius 2 is 1.00 bits per heavy atom. The van der Waals surface area contributed by atoms with E-state index in [0.717, 1.165) is 77.0 Å². The second-order valence-corrected chi connectivity index (χ2v) is 15.1. The molecule has 0 bridgehead atoms. The van der Waals surface area contributed by atoms with Crippen molar-refractivity contribution >= 4 is 19.8 Å². The summed E-state index contributed by atoms with van der Waals surface area (Å²) in [5.41, 5.74) is 0. The molecule has 0 aromatic rings. The predicted octanol–water partition coefficient (Wildman–Crippen LogP) is 10.4. The summed E-state index contributed by atoms with van der Waals surface area (Å²) in [6, 6.07) is 0. The van der Waals surface area contributed by atoms with Crippen molar-refractivity contribution in [1.29, 1.82) is 0 Å². The zero-order valence-corrected chi connectivity index (χ0v) is 33.7. The zero-order valence-electron chi connectivity index (χ0n) is 32.8. The first-order valence-electron chi connectivity index (χ1n) is 20.5. The minimum absolute atomic E-state index is 0.165. The number of unbranched alkanes of at least 4 members (excludes halogenated alkanes) is 19. The first-order chi connectivity index (χ1) is 25.2. The van der Waals surface area contributed by atoms with Gasteiger partial charge in [0.15, 0.2) is 6.10 Å². The normalized spacial score (nSPS) is 14.3. The van der Waals surface area contributed by atoms with Crippen LogP contribution in [0.4, 0.5) is 0 Å². The van der Waals surface area contributed by atoms with Gasteiger partial charge in [0.1, 0.15) is 12.7 Å². The summed E-state index contributed by atoms with van der Waals surface area (Å²) in [6.45, 7) is 2.31. The van der Waals surface area contributed by atoms with E-state index in [1.807, 2.05) is 0 Å². The maximum atomic E-state index is 12.6. The maximum Gasteiger partial charge on any atom is 0.472 e. The van der Waals surface area contributed by atoms with E-state index in [1.165, 1.54) is 57.8 Å². The molecule has 0 spiro atoms. The molecule has 0 saturated heterocycles. The SMILES string of the molecule is CCCCCC/C=C/C=C/CCCCCCCC(=O)O[C@H](COC(=O)CCCCCCC/C=C/CCCCCCC)COP(=O)(O)OC[C@@H](O)CO. The van der Waals surface area contributed by atoms with Crippen molar-refractivity contribution < 1.29 is 47.8 Å². The molecule has 10 nitrogen and oxygen atoms in total. The van der Waals surface area contributed by atoms with Crippen LogP contribution in [0.25, 0.3) is 0 Å². The van der Waals surface area contributed by atoms with Crippen LogP contribution in [0.5, 0.6) is 0 Å². The Morgan fingerprint density at radius 1 is 0.577 bits per heavy atom. The van der Waals surface area contributed by atoms with Crippen molar-refractivity contribution in [3.63, 3.8) is 0 Å². The minimum Gasteiger partial charge on any atom is -0.462 e. The molecule has 0 saturated carbocycles. The van der Waals surface area contributed by atoms with Gasteiger partial charge in [0, 0.05) is 12.8 Å². The number of carbonyl (C=O) groups is 2. The first kappa shape index (κ1) is 50.2. The molecule has 3 atom stereocenters. The molecule has 52 heavy (non-hydrogen) atoms. The lowest BCUT2D eigenvalue weighted by atomic mass is 10.1. The lowest BCUT2D eigenvalue weighted by molar-refractivity contribution is -0.161. The summed E-state index contributed by atoms with van der Waals surface area (Å²) in [4.78, 5) is 34.9. The molecule has 0 aliphatic heterocycles. The molecule has 0 rings (SSSR count). The average molecular weight is 759 g/mol. The molecule has 0 aliphatic rings. The predicted molar refractivity (Wildman–Crippen MR) is 210 cm³/mol. The molecule has 0 aromatic carbocycles. The Morgan fingerprint density at radius 3 is 1.52 bits per heavy atom. The third-order valence-electron chi connectivity index (χ3n) is 8.54. The number of hydrogen-bond acceptors (Lipinski definition) is 9. The summed E-state index contributed by atoms with van der Waals surface area (Å²) in [7, 11) is -4.62. The van der Waals surface area contributed by atoms with Gasteiger partial charge in [0.2, 0.25) is 0 Å². The van der Waals surface area contributed by atoms with Crippen LogP contribution in [0.1, 0.15) is 174 Å². The third kappa shape index (κ3) is 36.5. The van der Waals surface area contributed by atoms with E-state index in [4.69, 9.17) is 19.1 Å². The molecule has 304 valence electrons. The summed E-state index contributed by atoms with van der Waals surface area (Å²) < 4.78 is 32.6. The summed E-state index contributed by atoms with van der Waals surface area (Å²) in [6.07, 6.45) is 36.8.